The molecule has 0 bridgehead atoms. The van der Waals surface area contributed by atoms with Crippen molar-refractivity contribution in [3.8, 4) is 11.8 Å². The lowest BCUT2D eigenvalue weighted by Crippen LogP contribution is -2.30. The first-order valence-electron chi connectivity index (χ1n) is 9.85. The summed E-state index contributed by atoms with van der Waals surface area (Å²) in [6.45, 7) is 8.09. The Morgan fingerprint density at radius 3 is 2.13 bits per heavy atom. The zero-order valence-corrected chi connectivity index (χ0v) is 20.6. The Hall–Kier alpha value is -1.18. The summed E-state index contributed by atoms with van der Waals surface area (Å²) in [4.78, 5) is 34.1. The largest absolute Gasteiger partial charge is 0.481 e. The molecule has 1 aliphatic rings. The number of carboxylic acids is 1. The van der Waals surface area contributed by atoms with E-state index in [1.54, 1.807) is 21.6 Å². The van der Waals surface area contributed by atoms with Crippen molar-refractivity contribution < 1.29 is 23.7 Å². The first-order valence-corrected chi connectivity index (χ1v) is 14.2. The van der Waals surface area contributed by atoms with Gasteiger partial charge in [0.05, 0.1) is 16.1 Å². The van der Waals surface area contributed by atoms with Crippen LogP contribution in [0.4, 0.5) is 4.79 Å². The van der Waals surface area contributed by atoms with E-state index < -0.39 is 32.6 Å². The number of carboxylic acid groups (broad SMARTS) is 1. The molecule has 0 atom stereocenters. The van der Waals surface area contributed by atoms with Crippen molar-refractivity contribution >= 4 is 49.1 Å². The van der Waals surface area contributed by atoms with Crippen LogP contribution in [0.5, 0.6) is 0 Å². The van der Waals surface area contributed by atoms with Gasteiger partial charge in [0.25, 0.3) is 0 Å². The van der Waals surface area contributed by atoms with E-state index in [2.05, 4.69) is 21.5 Å². The molecule has 0 aromatic rings. The molecule has 0 aliphatic carbocycles. The minimum absolute atomic E-state index is 0.0267. The molecule has 1 rings (SSSR count). The Bertz CT molecular complexity index is 790. The third-order valence-electron chi connectivity index (χ3n) is 4.01. The monoisotopic (exact) mass is 476 g/mol. The highest BCUT2D eigenvalue weighted by Gasteiger charge is 2.32. The molecule has 2 N–H and O–H groups in total. The van der Waals surface area contributed by atoms with Crippen molar-refractivity contribution in [1.29, 1.82) is 0 Å². The third kappa shape index (κ3) is 11.9. The molecule has 10 heteroatoms. The van der Waals surface area contributed by atoms with E-state index in [1.165, 1.54) is 0 Å². The molecule has 2 amide bonds. The Balaban J connectivity index is 2.29. The fraction of sp³-hybridized carbons (Fsp3) is 0.750. The van der Waals surface area contributed by atoms with Gasteiger partial charge in [-0.2, -0.15) is 0 Å². The Morgan fingerprint density at radius 1 is 1.00 bits per heavy atom. The normalized spacial score (nSPS) is 18.4. The van der Waals surface area contributed by atoms with Gasteiger partial charge in [-0.1, -0.05) is 33.4 Å². The van der Waals surface area contributed by atoms with Crippen LogP contribution in [0.25, 0.3) is 0 Å². The number of carbonyl (C=O) groups is 3. The highest BCUT2D eigenvalue weighted by molar-refractivity contribution is 8.76. The second kappa shape index (κ2) is 12.0. The number of ketones is 1. The lowest BCUT2D eigenvalue weighted by Gasteiger charge is -2.21. The first kappa shape index (κ1) is 26.9. The van der Waals surface area contributed by atoms with Crippen LogP contribution in [0, 0.1) is 22.7 Å². The Morgan fingerprint density at radius 2 is 1.57 bits per heavy atom. The van der Waals surface area contributed by atoms with Crippen LogP contribution in [0.2, 0.25) is 0 Å². The summed E-state index contributed by atoms with van der Waals surface area (Å²) in [5.41, 5.74) is -0.897. The maximum absolute atomic E-state index is 13.2. The van der Waals surface area contributed by atoms with E-state index >= 15 is 0 Å². The first-order chi connectivity index (χ1) is 13.8. The van der Waals surface area contributed by atoms with Crippen LogP contribution in [0.15, 0.2) is 4.36 Å². The van der Waals surface area contributed by atoms with E-state index in [0.29, 0.717) is 25.1 Å². The molecule has 170 valence electrons. The zero-order chi connectivity index (χ0) is 22.8. The molecular weight excluding hydrogens is 444 g/mol. The molecule has 0 unspecified atom stereocenters. The van der Waals surface area contributed by atoms with Crippen LogP contribution in [0.3, 0.4) is 0 Å². The van der Waals surface area contributed by atoms with Crippen molar-refractivity contribution in [3.05, 3.63) is 0 Å². The molecule has 0 fully saturated rings. The van der Waals surface area contributed by atoms with E-state index in [0.717, 1.165) is 5.75 Å². The van der Waals surface area contributed by atoms with Crippen molar-refractivity contribution in [2.45, 2.75) is 53.4 Å². The molecule has 1 aliphatic heterocycles. The number of hydrogen-bond donors (Lipinski definition) is 2. The smallest absolute Gasteiger partial charge is 0.349 e. The highest BCUT2D eigenvalue weighted by Crippen LogP contribution is 2.29. The van der Waals surface area contributed by atoms with Gasteiger partial charge in [0, 0.05) is 53.2 Å². The van der Waals surface area contributed by atoms with Gasteiger partial charge in [0.1, 0.15) is 5.78 Å². The van der Waals surface area contributed by atoms with Gasteiger partial charge < -0.3 is 10.4 Å². The van der Waals surface area contributed by atoms with Crippen molar-refractivity contribution in [3.63, 3.8) is 0 Å². The molecule has 0 aromatic carbocycles. The molecule has 0 saturated carbocycles. The summed E-state index contributed by atoms with van der Waals surface area (Å²) in [6, 6.07) is -0.553. The minimum atomic E-state index is -2.71. The van der Waals surface area contributed by atoms with Crippen molar-refractivity contribution in [2.75, 3.05) is 29.6 Å². The summed E-state index contributed by atoms with van der Waals surface area (Å²) in [6.07, 6.45) is 1.07. The lowest BCUT2D eigenvalue weighted by molar-refractivity contribution is -0.138. The van der Waals surface area contributed by atoms with Gasteiger partial charge in [0.15, 0.2) is 0 Å². The minimum Gasteiger partial charge on any atom is -0.481 e. The van der Waals surface area contributed by atoms with Crippen molar-refractivity contribution in [2.24, 2.45) is 15.2 Å². The molecule has 30 heavy (non-hydrogen) atoms. The fourth-order valence-electron chi connectivity index (χ4n) is 2.85. The van der Waals surface area contributed by atoms with Crippen LogP contribution < -0.4 is 5.32 Å². The predicted octanol–water partition coefficient (Wildman–Crippen LogP) is 3.83. The van der Waals surface area contributed by atoms with Gasteiger partial charge in [-0.3, -0.25) is 9.59 Å². The summed E-state index contributed by atoms with van der Waals surface area (Å²) in [7, 11) is 0.471. The quantitative estimate of drug-likeness (QED) is 0.265. The highest BCUT2D eigenvalue weighted by atomic mass is 33.1. The maximum Gasteiger partial charge on any atom is 0.349 e. The van der Waals surface area contributed by atoms with E-state index in [-0.39, 0.29) is 30.1 Å². The maximum atomic E-state index is 13.2. The van der Waals surface area contributed by atoms with Gasteiger partial charge in [-0.15, -0.1) is 4.36 Å². The molecule has 7 nitrogen and oxygen atoms in total. The molecule has 0 radical (unpaired) electrons. The van der Waals surface area contributed by atoms with Crippen LogP contribution in [0.1, 0.15) is 53.4 Å². The topological polar surface area (TPSA) is 113 Å². The second-order valence-electron chi connectivity index (χ2n) is 8.58. The number of amides is 2. The summed E-state index contributed by atoms with van der Waals surface area (Å²) >= 11 is 0. The van der Waals surface area contributed by atoms with E-state index in [9.17, 15) is 18.6 Å². The zero-order valence-electron chi connectivity index (χ0n) is 18.1. The number of rotatable bonds is 11. The third-order valence-corrected chi connectivity index (χ3v) is 9.34. The van der Waals surface area contributed by atoms with Crippen molar-refractivity contribution in [1.82, 2.24) is 5.32 Å². The standard InChI is InChI=1S/C20H32N2O5S3/c1-19(2)9-10-20(3,4)15-30(27,14-19)22-18(26)21-11-13-29-28-12-5-6-16(23)7-8-17(24)25/h5-8,11-15H2,1-4H3,(H,21,26)(H,24,25). The summed E-state index contributed by atoms with van der Waals surface area (Å²) in [5, 5.41) is 11.2. The fourth-order valence-corrected chi connectivity index (χ4v) is 7.85. The molecule has 1 heterocycles. The SMILES string of the molecule is CC1(C)C#CC(C)(C)CS(=O)(=NC(=O)NCCSSCCCC(=O)CCC(=O)O)C1. The Kier molecular flexibility index (Phi) is 10.8. The number of carbonyl (C=O) groups excluding carboxylic acids is 2. The van der Waals surface area contributed by atoms with Gasteiger partial charge in [0.2, 0.25) is 0 Å². The summed E-state index contributed by atoms with van der Waals surface area (Å²) < 4.78 is 17.3. The van der Waals surface area contributed by atoms with Gasteiger partial charge in [-0.05, 0) is 34.1 Å². The predicted molar refractivity (Wildman–Crippen MR) is 125 cm³/mol. The van der Waals surface area contributed by atoms with E-state index in [1.807, 2.05) is 27.7 Å². The molecule has 0 saturated heterocycles. The molecule has 0 aromatic heterocycles. The average Bonchev–Trinajstić information content (AvgIpc) is 2.67. The molecule has 0 spiro atoms. The second-order valence-corrected chi connectivity index (χ2v) is 13.6. The van der Waals surface area contributed by atoms with E-state index in [4.69, 9.17) is 5.11 Å². The average molecular weight is 477 g/mol. The number of nitrogens with one attached hydrogen (secondary N) is 1. The van der Waals surface area contributed by atoms with Crippen LogP contribution in [-0.2, 0) is 19.3 Å². The Labute approximate surface area is 187 Å². The number of hydrogen-bond acceptors (Lipinski definition) is 6. The number of urea groups is 1. The number of Topliss-reactive ketones (excluding diaryl/α,β-unsaturated/α-hetero) is 1. The van der Waals surface area contributed by atoms with Gasteiger partial charge >= 0.3 is 12.0 Å². The van der Waals surface area contributed by atoms with Crippen LogP contribution in [-0.4, -0.2) is 56.7 Å². The summed E-state index contributed by atoms with van der Waals surface area (Å²) in [5.74, 6) is 7.34. The van der Waals surface area contributed by atoms with Crippen LogP contribution >= 0.6 is 21.6 Å². The molecular formula is C20H32N2O5S3. The van der Waals surface area contributed by atoms with Gasteiger partial charge in [-0.25, -0.2) is 9.00 Å². The number of aliphatic carboxylic acids is 1. The number of nitrogens with zero attached hydrogens (tertiary/aromatic N) is 1. The lowest BCUT2D eigenvalue weighted by atomic mass is 9.92.